The largest absolute Gasteiger partial charge is 0.391 e. The normalized spacial score (nSPS) is 21.0. The molecule has 0 aliphatic heterocycles. The number of hydrogen-bond donors (Lipinski definition) is 1. The number of aromatic amines is 1. The van der Waals surface area contributed by atoms with Crippen LogP contribution in [0.3, 0.4) is 0 Å². The summed E-state index contributed by atoms with van der Waals surface area (Å²) in [7, 11) is 3.51. The van der Waals surface area contributed by atoms with Crippen molar-refractivity contribution in [2.45, 2.75) is 37.8 Å². The van der Waals surface area contributed by atoms with Crippen molar-refractivity contribution < 1.29 is 13.2 Å². The summed E-state index contributed by atoms with van der Waals surface area (Å²) in [4.78, 5) is 22.4. The van der Waals surface area contributed by atoms with Crippen molar-refractivity contribution in [2.75, 3.05) is 19.0 Å². The van der Waals surface area contributed by atoms with Crippen LogP contribution in [0.15, 0.2) is 16.9 Å². The fourth-order valence-corrected chi connectivity index (χ4v) is 4.46. The summed E-state index contributed by atoms with van der Waals surface area (Å²) in [5.74, 6) is -1.05. The molecule has 0 aromatic carbocycles. The summed E-state index contributed by atoms with van der Waals surface area (Å²) >= 11 is 7.27. The molecule has 2 aromatic heterocycles. The molecule has 4 nitrogen and oxygen atoms in total. The van der Waals surface area contributed by atoms with Gasteiger partial charge in [-0.15, -0.1) is 11.3 Å². The zero-order valence-electron chi connectivity index (χ0n) is 14.4. The SMILES string of the molecule is CN(C)c1nc(C2CCC(C(F)(F)F)CC2)c(-c2ccc(Cl)s2)c(=O)[nH]1. The van der Waals surface area contributed by atoms with Crippen LogP contribution in [-0.4, -0.2) is 30.2 Å². The topological polar surface area (TPSA) is 49.0 Å². The Morgan fingerprint density at radius 3 is 2.38 bits per heavy atom. The van der Waals surface area contributed by atoms with E-state index in [1.165, 1.54) is 11.3 Å². The Morgan fingerprint density at radius 1 is 1.23 bits per heavy atom. The van der Waals surface area contributed by atoms with Gasteiger partial charge in [0.2, 0.25) is 5.95 Å². The monoisotopic (exact) mass is 405 g/mol. The lowest BCUT2D eigenvalue weighted by Crippen LogP contribution is -2.29. The third kappa shape index (κ3) is 3.91. The van der Waals surface area contributed by atoms with E-state index in [9.17, 15) is 18.0 Å². The summed E-state index contributed by atoms with van der Waals surface area (Å²) < 4.78 is 39.4. The molecule has 2 heterocycles. The second-order valence-electron chi connectivity index (χ2n) is 6.74. The molecule has 0 saturated heterocycles. The van der Waals surface area contributed by atoms with Crippen LogP contribution in [0.2, 0.25) is 4.34 Å². The molecule has 0 unspecified atom stereocenters. The van der Waals surface area contributed by atoms with Crippen LogP contribution in [0.1, 0.15) is 37.3 Å². The molecule has 0 spiro atoms. The summed E-state index contributed by atoms with van der Waals surface area (Å²) in [5.41, 5.74) is 0.690. The Bertz CT molecular complexity index is 839. The molecule has 142 valence electrons. The van der Waals surface area contributed by atoms with Crippen LogP contribution in [0, 0.1) is 5.92 Å². The number of halogens is 4. The van der Waals surface area contributed by atoms with E-state index < -0.39 is 12.1 Å². The molecule has 1 N–H and O–H groups in total. The van der Waals surface area contributed by atoms with E-state index in [0.717, 1.165) is 0 Å². The number of aromatic nitrogens is 2. The van der Waals surface area contributed by atoms with Gasteiger partial charge in [0.15, 0.2) is 0 Å². The number of anilines is 1. The average molecular weight is 406 g/mol. The maximum Gasteiger partial charge on any atom is 0.391 e. The molecule has 1 saturated carbocycles. The summed E-state index contributed by atoms with van der Waals surface area (Å²) in [6.45, 7) is 0. The molecule has 1 aliphatic carbocycles. The van der Waals surface area contributed by atoms with Gasteiger partial charge in [-0.1, -0.05) is 11.6 Å². The first-order chi connectivity index (χ1) is 12.2. The summed E-state index contributed by atoms with van der Waals surface area (Å²) in [5, 5.41) is 0. The van der Waals surface area contributed by atoms with E-state index in [-0.39, 0.29) is 24.3 Å². The van der Waals surface area contributed by atoms with Crippen LogP contribution >= 0.6 is 22.9 Å². The average Bonchev–Trinajstić information content (AvgIpc) is 2.99. The maximum absolute atomic E-state index is 13.0. The van der Waals surface area contributed by atoms with Crippen LogP contribution in [0.4, 0.5) is 19.1 Å². The maximum atomic E-state index is 13.0. The van der Waals surface area contributed by atoms with Gasteiger partial charge in [0.05, 0.1) is 21.5 Å². The molecule has 2 aromatic rings. The second-order valence-corrected chi connectivity index (χ2v) is 8.45. The molecule has 1 fully saturated rings. The van der Waals surface area contributed by atoms with E-state index in [0.29, 0.717) is 39.3 Å². The van der Waals surface area contributed by atoms with Crippen molar-refractivity contribution in [1.82, 2.24) is 9.97 Å². The number of rotatable bonds is 3. The molecular formula is C17H19ClF3N3OS. The fourth-order valence-electron chi connectivity index (χ4n) is 3.37. The highest BCUT2D eigenvalue weighted by Crippen LogP contribution is 2.44. The standard InChI is InChI=1S/C17H19ClF3N3OS/c1-24(2)16-22-14(9-3-5-10(6-4-9)17(19,20)21)13(15(25)23-16)11-7-8-12(18)26-11/h7-10H,3-6H2,1-2H3,(H,22,23,25). The Balaban J connectivity index is 2.01. The molecule has 0 amide bonds. The predicted molar refractivity (Wildman–Crippen MR) is 98.3 cm³/mol. The number of hydrogen-bond acceptors (Lipinski definition) is 4. The molecule has 26 heavy (non-hydrogen) atoms. The van der Waals surface area contributed by atoms with E-state index in [4.69, 9.17) is 11.6 Å². The predicted octanol–water partition coefficient (Wildman–Crippen LogP) is 5.05. The van der Waals surface area contributed by atoms with Gasteiger partial charge in [-0.2, -0.15) is 13.2 Å². The first-order valence-electron chi connectivity index (χ1n) is 8.30. The molecule has 1 aliphatic rings. The van der Waals surface area contributed by atoms with Gasteiger partial charge in [0.1, 0.15) is 0 Å². The zero-order valence-corrected chi connectivity index (χ0v) is 15.9. The van der Waals surface area contributed by atoms with Crippen molar-refractivity contribution in [3.63, 3.8) is 0 Å². The van der Waals surface area contributed by atoms with Gasteiger partial charge in [-0.05, 0) is 37.8 Å². The highest BCUT2D eigenvalue weighted by Gasteiger charge is 2.42. The number of H-pyrrole nitrogens is 1. The van der Waals surface area contributed by atoms with E-state index >= 15 is 0 Å². The summed E-state index contributed by atoms with van der Waals surface area (Å²) in [6.07, 6.45) is -3.32. The fraction of sp³-hybridized carbons (Fsp3) is 0.529. The molecule has 9 heteroatoms. The lowest BCUT2D eigenvalue weighted by molar-refractivity contribution is -0.182. The number of alkyl halides is 3. The van der Waals surface area contributed by atoms with Crippen molar-refractivity contribution >= 4 is 28.9 Å². The quantitative estimate of drug-likeness (QED) is 0.777. The van der Waals surface area contributed by atoms with Crippen LogP contribution < -0.4 is 10.5 Å². The summed E-state index contributed by atoms with van der Waals surface area (Å²) in [6, 6.07) is 3.45. The lowest BCUT2D eigenvalue weighted by atomic mass is 9.79. The van der Waals surface area contributed by atoms with E-state index in [1.807, 2.05) is 0 Å². The van der Waals surface area contributed by atoms with Crippen LogP contribution in [0.5, 0.6) is 0 Å². The minimum atomic E-state index is -4.16. The van der Waals surface area contributed by atoms with Crippen LogP contribution in [-0.2, 0) is 0 Å². The van der Waals surface area contributed by atoms with Gasteiger partial charge in [0.25, 0.3) is 5.56 Å². The first-order valence-corrected chi connectivity index (χ1v) is 9.50. The first kappa shape index (κ1) is 19.2. The van der Waals surface area contributed by atoms with Gasteiger partial charge >= 0.3 is 6.18 Å². The van der Waals surface area contributed by atoms with E-state index in [2.05, 4.69) is 9.97 Å². The van der Waals surface area contributed by atoms with Gasteiger partial charge in [0, 0.05) is 24.9 Å². The Kier molecular flexibility index (Phi) is 5.35. The van der Waals surface area contributed by atoms with E-state index in [1.54, 1.807) is 31.1 Å². The molecule has 0 bridgehead atoms. The zero-order chi connectivity index (χ0) is 19.1. The van der Waals surface area contributed by atoms with Gasteiger partial charge in [-0.25, -0.2) is 4.98 Å². The number of nitrogens with zero attached hydrogens (tertiary/aromatic N) is 2. The van der Waals surface area contributed by atoms with Crippen molar-refractivity contribution in [3.05, 3.63) is 32.5 Å². The Morgan fingerprint density at radius 2 is 1.88 bits per heavy atom. The molecule has 3 rings (SSSR count). The van der Waals surface area contributed by atoms with Crippen molar-refractivity contribution in [1.29, 1.82) is 0 Å². The number of thiophene rings is 1. The molecule has 0 radical (unpaired) electrons. The lowest BCUT2D eigenvalue weighted by Gasteiger charge is -2.30. The molecular weight excluding hydrogens is 387 g/mol. The third-order valence-electron chi connectivity index (χ3n) is 4.75. The van der Waals surface area contributed by atoms with Crippen molar-refractivity contribution in [3.8, 4) is 10.4 Å². The van der Waals surface area contributed by atoms with Crippen molar-refractivity contribution in [2.24, 2.45) is 5.92 Å². The highest BCUT2D eigenvalue weighted by atomic mass is 35.5. The third-order valence-corrected chi connectivity index (χ3v) is 6.00. The Hall–Kier alpha value is -1.54. The van der Waals surface area contributed by atoms with Gasteiger partial charge in [-0.3, -0.25) is 9.78 Å². The highest BCUT2D eigenvalue weighted by molar-refractivity contribution is 7.19. The minimum absolute atomic E-state index is 0.0601. The smallest absolute Gasteiger partial charge is 0.348 e. The minimum Gasteiger partial charge on any atom is -0.348 e. The van der Waals surface area contributed by atoms with Crippen LogP contribution in [0.25, 0.3) is 10.4 Å². The second kappa shape index (κ2) is 7.23. The Labute approximate surface area is 158 Å². The van der Waals surface area contributed by atoms with Gasteiger partial charge < -0.3 is 4.90 Å². The molecule has 0 atom stereocenters. The number of nitrogens with one attached hydrogen (secondary N) is 1.